The minimum absolute atomic E-state index is 0.0975. The van der Waals surface area contributed by atoms with Crippen molar-refractivity contribution in [3.8, 4) is 5.75 Å². The van der Waals surface area contributed by atoms with E-state index in [2.05, 4.69) is 17.0 Å². The van der Waals surface area contributed by atoms with Gasteiger partial charge in [-0.2, -0.15) is 0 Å². The second-order valence-electron chi connectivity index (χ2n) is 6.24. The Balaban J connectivity index is 1.90. The van der Waals surface area contributed by atoms with Crippen molar-refractivity contribution < 1.29 is 17.9 Å². The van der Waals surface area contributed by atoms with Gasteiger partial charge in [0.25, 0.3) is 15.9 Å². The Kier molecular flexibility index (Phi) is 7.67. The van der Waals surface area contributed by atoms with E-state index in [-0.39, 0.29) is 17.4 Å². The summed E-state index contributed by atoms with van der Waals surface area (Å²) in [6.45, 7) is 4.48. The number of hydrogen-bond acceptors (Lipinski definition) is 4. The molecule has 0 fully saturated rings. The van der Waals surface area contributed by atoms with Crippen molar-refractivity contribution in [2.75, 3.05) is 17.9 Å². The van der Waals surface area contributed by atoms with Crippen molar-refractivity contribution in [3.05, 3.63) is 54.1 Å². The van der Waals surface area contributed by atoms with E-state index in [0.29, 0.717) is 18.0 Å². The van der Waals surface area contributed by atoms with Crippen LogP contribution in [0.25, 0.3) is 0 Å². The van der Waals surface area contributed by atoms with Gasteiger partial charge in [-0.25, -0.2) is 8.42 Å². The molecule has 6 nitrogen and oxygen atoms in total. The van der Waals surface area contributed by atoms with E-state index in [1.807, 2.05) is 19.1 Å². The van der Waals surface area contributed by atoms with Crippen molar-refractivity contribution in [1.29, 1.82) is 0 Å². The lowest BCUT2D eigenvalue weighted by molar-refractivity contribution is -0.123. The van der Waals surface area contributed by atoms with Crippen LogP contribution in [-0.4, -0.2) is 27.5 Å². The highest BCUT2D eigenvalue weighted by Crippen LogP contribution is 2.21. The van der Waals surface area contributed by atoms with Crippen molar-refractivity contribution in [2.24, 2.45) is 0 Å². The smallest absolute Gasteiger partial charge is 0.261 e. The second kappa shape index (κ2) is 9.97. The summed E-state index contributed by atoms with van der Waals surface area (Å²) < 4.78 is 32.9. The van der Waals surface area contributed by atoms with Crippen LogP contribution in [0.4, 0.5) is 5.69 Å². The number of amides is 1. The van der Waals surface area contributed by atoms with Crippen molar-refractivity contribution in [3.63, 3.8) is 0 Å². The number of carbonyl (C=O) groups is 1. The van der Waals surface area contributed by atoms with Crippen LogP contribution in [0.1, 0.15) is 31.7 Å². The van der Waals surface area contributed by atoms with Gasteiger partial charge in [-0.15, -0.1) is 0 Å². The molecule has 1 amide bonds. The first kappa shape index (κ1) is 20.8. The largest absolute Gasteiger partial charge is 0.484 e. The second-order valence-corrected chi connectivity index (χ2v) is 7.92. The summed E-state index contributed by atoms with van der Waals surface area (Å²) in [7, 11) is -3.69. The van der Waals surface area contributed by atoms with Gasteiger partial charge in [0.2, 0.25) is 0 Å². The van der Waals surface area contributed by atoms with E-state index in [9.17, 15) is 13.2 Å². The lowest BCUT2D eigenvalue weighted by atomic mass is 10.2. The molecule has 0 spiro atoms. The van der Waals surface area contributed by atoms with Crippen LogP contribution in [-0.2, 0) is 14.8 Å². The highest BCUT2D eigenvalue weighted by Gasteiger charge is 2.15. The summed E-state index contributed by atoms with van der Waals surface area (Å²) in [5.74, 6) is 0.248. The van der Waals surface area contributed by atoms with Crippen molar-refractivity contribution in [2.45, 2.75) is 38.0 Å². The van der Waals surface area contributed by atoms with Gasteiger partial charge in [0, 0.05) is 6.54 Å². The fourth-order valence-electron chi connectivity index (χ4n) is 2.41. The first-order valence-corrected chi connectivity index (χ1v) is 10.5. The molecule has 2 aromatic carbocycles. The van der Waals surface area contributed by atoms with E-state index in [1.54, 1.807) is 12.1 Å². The maximum atomic E-state index is 12.5. The minimum Gasteiger partial charge on any atom is -0.484 e. The topological polar surface area (TPSA) is 84.5 Å². The van der Waals surface area contributed by atoms with Gasteiger partial charge >= 0.3 is 0 Å². The molecule has 2 N–H and O–H groups in total. The molecule has 0 aliphatic carbocycles. The molecule has 0 unspecified atom stereocenters. The molecular weight excluding hydrogens is 364 g/mol. The third-order valence-corrected chi connectivity index (χ3v) is 5.38. The predicted molar refractivity (Wildman–Crippen MR) is 106 cm³/mol. The van der Waals surface area contributed by atoms with Crippen LogP contribution < -0.4 is 14.8 Å². The molecular formula is C20H26N2O4S. The molecule has 0 radical (unpaired) electrons. The van der Waals surface area contributed by atoms with Gasteiger partial charge in [0.05, 0.1) is 10.6 Å². The fraction of sp³-hybridized carbons (Fsp3) is 0.350. The molecule has 0 saturated heterocycles. The van der Waals surface area contributed by atoms with E-state index in [1.165, 1.54) is 24.3 Å². The van der Waals surface area contributed by atoms with Crippen molar-refractivity contribution in [1.82, 2.24) is 5.32 Å². The zero-order valence-corrected chi connectivity index (χ0v) is 16.5. The molecule has 0 heterocycles. The Morgan fingerprint density at radius 3 is 2.41 bits per heavy atom. The van der Waals surface area contributed by atoms with Crippen LogP contribution >= 0.6 is 0 Å². The monoisotopic (exact) mass is 390 g/mol. The number of nitrogens with one attached hydrogen (secondary N) is 2. The lowest BCUT2D eigenvalue weighted by Crippen LogP contribution is -2.29. The molecule has 0 aliphatic rings. The number of aryl methyl sites for hydroxylation is 1. The first-order chi connectivity index (χ1) is 12.9. The number of para-hydroxylation sites is 1. The number of hydrogen-bond donors (Lipinski definition) is 2. The molecule has 2 rings (SSSR count). The zero-order chi connectivity index (χ0) is 19.7. The van der Waals surface area contributed by atoms with Crippen LogP contribution in [0.5, 0.6) is 5.75 Å². The van der Waals surface area contributed by atoms with Crippen LogP contribution in [0, 0.1) is 6.92 Å². The maximum absolute atomic E-state index is 12.5. The molecule has 0 aromatic heterocycles. The number of ether oxygens (including phenoxy) is 1. The Morgan fingerprint density at radius 1 is 1.04 bits per heavy atom. The molecule has 0 saturated carbocycles. The summed E-state index contributed by atoms with van der Waals surface area (Å²) >= 11 is 0. The Labute approximate surface area is 161 Å². The van der Waals surface area contributed by atoms with E-state index in [0.717, 1.165) is 24.8 Å². The van der Waals surface area contributed by atoms with Crippen LogP contribution in [0.15, 0.2) is 53.4 Å². The Morgan fingerprint density at radius 2 is 1.74 bits per heavy atom. The van der Waals surface area contributed by atoms with E-state index in [4.69, 9.17) is 4.74 Å². The Bertz CT molecular complexity index is 849. The van der Waals surface area contributed by atoms with Gasteiger partial charge in [0.15, 0.2) is 6.61 Å². The Hall–Kier alpha value is -2.54. The minimum atomic E-state index is -3.69. The normalized spacial score (nSPS) is 11.0. The molecule has 2 aromatic rings. The molecule has 146 valence electrons. The summed E-state index contributed by atoms with van der Waals surface area (Å²) in [6.07, 6.45) is 3.12. The molecule has 0 atom stereocenters. The molecule has 0 aliphatic heterocycles. The summed E-state index contributed by atoms with van der Waals surface area (Å²) in [4.78, 5) is 11.8. The third-order valence-electron chi connectivity index (χ3n) is 4.00. The molecule has 7 heteroatoms. The number of anilines is 1. The number of unbranched alkanes of at least 4 members (excludes halogenated alkanes) is 2. The third kappa shape index (κ3) is 6.60. The highest BCUT2D eigenvalue weighted by atomic mass is 32.2. The summed E-state index contributed by atoms with van der Waals surface area (Å²) in [5, 5.41) is 2.79. The first-order valence-electron chi connectivity index (χ1n) is 9.00. The van der Waals surface area contributed by atoms with Gasteiger partial charge < -0.3 is 10.1 Å². The van der Waals surface area contributed by atoms with Crippen LogP contribution in [0.3, 0.4) is 0 Å². The number of benzene rings is 2. The standard InChI is InChI=1S/C20H26N2O4S/c1-3-4-7-14-21-20(23)15-26-17-10-12-18(13-11-17)27(24,25)22-19-9-6-5-8-16(19)2/h5-6,8-13,22H,3-4,7,14-15H2,1-2H3,(H,21,23). The summed E-state index contributed by atoms with van der Waals surface area (Å²) in [5.41, 5.74) is 1.38. The average molecular weight is 391 g/mol. The zero-order valence-electron chi connectivity index (χ0n) is 15.7. The average Bonchev–Trinajstić information content (AvgIpc) is 2.66. The fourth-order valence-corrected chi connectivity index (χ4v) is 3.54. The van der Waals surface area contributed by atoms with Gasteiger partial charge in [0.1, 0.15) is 5.75 Å². The number of sulfonamides is 1. The van der Waals surface area contributed by atoms with Gasteiger partial charge in [-0.1, -0.05) is 38.0 Å². The van der Waals surface area contributed by atoms with Gasteiger partial charge in [-0.3, -0.25) is 9.52 Å². The number of carbonyl (C=O) groups excluding carboxylic acids is 1. The van der Waals surface area contributed by atoms with Gasteiger partial charge in [-0.05, 0) is 49.2 Å². The highest BCUT2D eigenvalue weighted by molar-refractivity contribution is 7.92. The SMILES string of the molecule is CCCCCNC(=O)COc1ccc(S(=O)(=O)Nc2ccccc2C)cc1. The quantitative estimate of drug-likeness (QED) is 0.608. The summed E-state index contributed by atoms with van der Waals surface area (Å²) in [6, 6.07) is 13.2. The predicted octanol–water partition coefficient (Wildman–Crippen LogP) is 3.48. The number of rotatable bonds is 10. The van der Waals surface area contributed by atoms with Crippen LogP contribution in [0.2, 0.25) is 0 Å². The molecule has 27 heavy (non-hydrogen) atoms. The van der Waals surface area contributed by atoms with E-state index >= 15 is 0 Å². The van der Waals surface area contributed by atoms with E-state index < -0.39 is 10.0 Å². The lowest BCUT2D eigenvalue weighted by Gasteiger charge is -2.11. The molecule has 0 bridgehead atoms. The maximum Gasteiger partial charge on any atom is 0.261 e. The van der Waals surface area contributed by atoms with Crippen molar-refractivity contribution >= 4 is 21.6 Å².